The molecule has 0 N–H and O–H groups in total. The molecule has 2 atom stereocenters. The second-order valence-electron chi connectivity index (χ2n) is 4.91. The summed E-state index contributed by atoms with van der Waals surface area (Å²) in [5, 5.41) is 0. The van der Waals surface area contributed by atoms with Crippen molar-refractivity contribution in [2.75, 3.05) is 14.2 Å². The van der Waals surface area contributed by atoms with Crippen molar-refractivity contribution in [2.45, 2.75) is 57.5 Å². The lowest BCUT2D eigenvalue weighted by atomic mass is 9.96. The predicted molar refractivity (Wildman–Crippen MR) is 68.2 cm³/mol. The van der Waals surface area contributed by atoms with Crippen LogP contribution in [-0.4, -0.2) is 32.1 Å². The van der Waals surface area contributed by atoms with E-state index in [9.17, 15) is 9.59 Å². The van der Waals surface area contributed by atoms with E-state index in [4.69, 9.17) is 4.74 Å². The molecule has 0 aromatic carbocycles. The maximum absolute atomic E-state index is 11.7. The van der Waals surface area contributed by atoms with Gasteiger partial charge in [-0.15, -0.1) is 0 Å². The van der Waals surface area contributed by atoms with Crippen molar-refractivity contribution in [2.24, 2.45) is 5.92 Å². The summed E-state index contributed by atoms with van der Waals surface area (Å²) in [6.45, 7) is 0. The number of esters is 1. The first-order valence-electron chi connectivity index (χ1n) is 6.81. The SMILES string of the molecule is COC(=O)CCCCCCC1C(=O)CCC1OC. The zero-order chi connectivity index (χ0) is 13.4. The van der Waals surface area contributed by atoms with Crippen molar-refractivity contribution >= 4 is 11.8 Å². The van der Waals surface area contributed by atoms with Crippen LogP contribution in [0.2, 0.25) is 0 Å². The second-order valence-corrected chi connectivity index (χ2v) is 4.91. The molecule has 104 valence electrons. The third-order valence-electron chi connectivity index (χ3n) is 3.71. The molecule has 18 heavy (non-hydrogen) atoms. The maximum atomic E-state index is 11.7. The van der Waals surface area contributed by atoms with Crippen LogP contribution in [0.4, 0.5) is 0 Å². The molecule has 0 aromatic heterocycles. The summed E-state index contributed by atoms with van der Waals surface area (Å²) in [5.41, 5.74) is 0. The Bertz CT molecular complexity index is 275. The molecule has 0 radical (unpaired) electrons. The van der Waals surface area contributed by atoms with Gasteiger partial charge in [0.1, 0.15) is 5.78 Å². The Morgan fingerprint density at radius 3 is 2.61 bits per heavy atom. The van der Waals surface area contributed by atoms with Gasteiger partial charge in [-0.25, -0.2) is 0 Å². The summed E-state index contributed by atoms with van der Waals surface area (Å²) in [5.74, 6) is 0.326. The van der Waals surface area contributed by atoms with Crippen molar-refractivity contribution in [1.29, 1.82) is 0 Å². The van der Waals surface area contributed by atoms with Gasteiger partial charge < -0.3 is 9.47 Å². The average molecular weight is 256 g/mol. The van der Waals surface area contributed by atoms with Gasteiger partial charge in [-0.3, -0.25) is 9.59 Å². The van der Waals surface area contributed by atoms with E-state index in [2.05, 4.69) is 4.74 Å². The number of Topliss-reactive ketones (excluding diaryl/α,β-unsaturated/α-hetero) is 1. The number of rotatable bonds is 8. The fourth-order valence-corrected chi connectivity index (χ4v) is 2.60. The molecule has 0 spiro atoms. The summed E-state index contributed by atoms with van der Waals surface area (Å²) >= 11 is 0. The van der Waals surface area contributed by atoms with Gasteiger partial charge in [-0.2, -0.15) is 0 Å². The quantitative estimate of drug-likeness (QED) is 0.494. The third-order valence-corrected chi connectivity index (χ3v) is 3.71. The van der Waals surface area contributed by atoms with E-state index in [-0.39, 0.29) is 18.0 Å². The summed E-state index contributed by atoms with van der Waals surface area (Å²) in [6, 6.07) is 0. The van der Waals surface area contributed by atoms with Crippen LogP contribution in [0.3, 0.4) is 0 Å². The highest BCUT2D eigenvalue weighted by Gasteiger charge is 2.33. The molecule has 0 aromatic rings. The predicted octanol–water partition coefficient (Wildman–Crippen LogP) is 2.49. The van der Waals surface area contributed by atoms with E-state index in [1.165, 1.54) is 7.11 Å². The van der Waals surface area contributed by atoms with Gasteiger partial charge in [0, 0.05) is 25.9 Å². The van der Waals surface area contributed by atoms with Gasteiger partial charge >= 0.3 is 5.97 Å². The minimum absolute atomic E-state index is 0.107. The fraction of sp³-hybridized carbons (Fsp3) is 0.857. The summed E-state index contributed by atoms with van der Waals surface area (Å²) < 4.78 is 9.92. The van der Waals surface area contributed by atoms with Gasteiger partial charge in [0.05, 0.1) is 13.2 Å². The van der Waals surface area contributed by atoms with Crippen LogP contribution in [0, 0.1) is 5.92 Å². The number of hydrogen-bond acceptors (Lipinski definition) is 4. The largest absolute Gasteiger partial charge is 0.469 e. The standard InChI is InChI=1S/C14H24O4/c1-17-13-10-9-12(15)11(13)7-5-3-4-6-8-14(16)18-2/h11,13H,3-10H2,1-2H3. The van der Waals surface area contributed by atoms with Crippen molar-refractivity contribution < 1.29 is 19.1 Å². The topological polar surface area (TPSA) is 52.6 Å². The van der Waals surface area contributed by atoms with Crippen LogP contribution in [0.5, 0.6) is 0 Å². The van der Waals surface area contributed by atoms with Crippen molar-refractivity contribution in [3.63, 3.8) is 0 Å². The Balaban J connectivity index is 2.07. The highest BCUT2D eigenvalue weighted by Crippen LogP contribution is 2.29. The second kappa shape index (κ2) is 8.25. The van der Waals surface area contributed by atoms with Crippen LogP contribution in [0.25, 0.3) is 0 Å². The molecule has 0 heterocycles. The van der Waals surface area contributed by atoms with E-state index < -0.39 is 0 Å². The first-order chi connectivity index (χ1) is 8.69. The summed E-state index contributed by atoms with van der Waals surface area (Å²) in [6.07, 6.45) is 7.11. The molecule has 0 amide bonds. The molecule has 1 rings (SSSR count). The van der Waals surface area contributed by atoms with Gasteiger partial charge in [0.2, 0.25) is 0 Å². The molecule has 4 heteroatoms. The fourth-order valence-electron chi connectivity index (χ4n) is 2.60. The third kappa shape index (κ3) is 4.77. The van der Waals surface area contributed by atoms with Gasteiger partial charge in [0.15, 0.2) is 0 Å². The molecule has 0 bridgehead atoms. The molecule has 2 unspecified atom stereocenters. The lowest BCUT2D eigenvalue weighted by Gasteiger charge is -2.16. The number of unbranched alkanes of at least 4 members (excludes halogenated alkanes) is 3. The molecule has 1 saturated carbocycles. The van der Waals surface area contributed by atoms with Crippen LogP contribution >= 0.6 is 0 Å². The van der Waals surface area contributed by atoms with E-state index >= 15 is 0 Å². The van der Waals surface area contributed by atoms with Crippen LogP contribution in [0.15, 0.2) is 0 Å². The Labute approximate surface area is 109 Å². The van der Waals surface area contributed by atoms with Crippen LogP contribution < -0.4 is 0 Å². The summed E-state index contributed by atoms with van der Waals surface area (Å²) in [7, 11) is 3.10. The van der Waals surface area contributed by atoms with Crippen molar-refractivity contribution in [1.82, 2.24) is 0 Å². The first-order valence-corrected chi connectivity index (χ1v) is 6.81. The number of methoxy groups -OCH3 is 2. The highest BCUT2D eigenvalue weighted by atomic mass is 16.5. The molecular weight excluding hydrogens is 232 g/mol. The maximum Gasteiger partial charge on any atom is 0.305 e. The zero-order valence-corrected chi connectivity index (χ0v) is 11.4. The number of ketones is 1. The normalized spacial score (nSPS) is 23.3. The van der Waals surface area contributed by atoms with E-state index in [1.54, 1.807) is 7.11 Å². The molecule has 0 aliphatic heterocycles. The Morgan fingerprint density at radius 2 is 1.94 bits per heavy atom. The monoisotopic (exact) mass is 256 g/mol. The summed E-state index contributed by atoms with van der Waals surface area (Å²) in [4.78, 5) is 22.5. The Kier molecular flexibility index (Phi) is 6.94. The molecule has 1 fully saturated rings. The first kappa shape index (κ1) is 15.2. The molecule has 4 nitrogen and oxygen atoms in total. The van der Waals surface area contributed by atoms with Crippen LogP contribution in [0.1, 0.15) is 51.4 Å². The van der Waals surface area contributed by atoms with E-state index in [1.807, 2.05) is 0 Å². The molecule has 1 aliphatic rings. The van der Waals surface area contributed by atoms with Crippen molar-refractivity contribution in [3.8, 4) is 0 Å². The Morgan fingerprint density at radius 1 is 1.22 bits per heavy atom. The number of ether oxygens (including phenoxy) is 2. The minimum atomic E-state index is -0.139. The highest BCUT2D eigenvalue weighted by molar-refractivity contribution is 5.83. The smallest absolute Gasteiger partial charge is 0.305 e. The van der Waals surface area contributed by atoms with Gasteiger partial charge in [-0.05, 0) is 19.3 Å². The zero-order valence-electron chi connectivity index (χ0n) is 11.4. The van der Waals surface area contributed by atoms with E-state index in [0.717, 1.165) is 38.5 Å². The lowest BCUT2D eigenvalue weighted by molar-refractivity contribution is -0.140. The van der Waals surface area contributed by atoms with Gasteiger partial charge in [-0.1, -0.05) is 19.3 Å². The van der Waals surface area contributed by atoms with E-state index in [0.29, 0.717) is 18.6 Å². The van der Waals surface area contributed by atoms with Crippen LogP contribution in [-0.2, 0) is 19.1 Å². The molecule has 0 saturated heterocycles. The van der Waals surface area contributed by atoms with Gasteiger partial charge in [0.25, 0.3) is 0 Å². The number of carbonyl (C=O) groups is 2. The Hall–Kier alpha value is -0.900. The molecular formula is C14H24O4. The number of carbonyl (C=O) groups excluding carboxylic acids is 2. The molecule has 1 aliphatic carbocycles. The lowest BCUT2D eigenvalue weighted by Crippen LogP contribution is -2.21. The minimum Gasteiger partial charge on any atom is -0.469 e. The number of hydrogen-bond donors (Lipinski definition) is 0. The average Bonchev–Trinajstić information content (AvgIpc) is 2.74. The van der Waals surface area contributed by atoms with Crippen molar-refractivity contribution in [3.05, 3.63) is 0 Å².